The average molecular weight is 304 g/mol. The highest BCUT2D eigenvalue weighted by Crippen LogP contribution is 2.30. The Morgan fingerprint density at radius 3 is 2.86 bits per heavy atom. The molecular weight excluding hydrogens is 287 g/mol. The summed E-state index contributed by atoms with van der Waals surface area (Å²) in [4.78, 5) is 14.3. The summed E-state index contributed by atoms with van der Waals surface area (Å²) in [5, 5.41) is 2.70. The van der Waals surface area contributed by atoms with Crippen molar-refractivity contribution in [2.45, 2.75) is 32.1 Å². The van der Waals surface area contributed by atoms with Crippen LogP contribution in [0.25, 0.3) is 0 Å². The maximum Gasteiger partial charge on any atom is 0.265 e. The molecule has 1 heterocycles. The van der Waals surface area contributed by atoms with Gasteiger partial charge in [-0.15, -0.1) is 11.3 Å². The summed E-state index contributed by atoms with van der Waals surface area (Å²) in [6, 6.07) is 5.94. The van der Waals surface area contributed by atoms with E-state index in [1.165, 1.54) is 59.2 Å². The van der Waals surface area contributed by atoms with Gasteiger partial charge in [0.2, 0.25) is 0 Å². The van der Waals surface area contributed by atoms with Gasteiger partial charge in [0.15, 0.2) is 0 Å². The van der Waals surface area contributed by atoms with Crippen LogP contribution in [0.3, 0.4) is 0 Å². The van der Waals surface area contributed by atoms with Crippen LogP contribution >= 0.6 is 11.3 Å². The molecule has 1 aromatic heterocycles. The van der Waals surface area contributed by atoms with E-state index in [0.717, 1.165) is 12.8 Å². The molecule has 0 bridgehead atoms. The number of fused-ring (bicyclic) bond motifs is 1. The second kappa shape index (κ2) is 5.85. The molecule has 3 nitrogen and oxygen atoms in total. The van der Waals surface area contributed by atoms with Crippen LogP contribution in [0.5, 0.6) is 0 Å². The lowest BCUT2D eigenvalue weighted by molar-refractivity contribution is 0.103. The third-order valence-electron chi connectivity index (χ3n) is 3.73. The van der Waals surface area contributed by atoms with Crippen molar-refractivity contribution in [2.75, 3.05) is 11.1 Å². The topological polar surface area (TPSA) is 55.1 Å². The lowest BCUT2D eigenvalue weighted by Crippen LogP contribution is -2.12. The van der Waals surface area contributed by atoms with Crippen LogP contribution in [0.1, 0.15) is 39.4 Å². The number of carbonyl (C=O) groups is 1. The SMILES string of the molecule is Nc1ccc(F)cc1NC(=O)c1cc2c(s1)CCCCC2. The van der Waals surface area contributed by atoms with Crippen molar-refractivity contribution in [3.8, 4) is 0 Å². The van der Waals surface area contributed by atoms with Crippen molar-refractivity contribution in [1.29, 1.82) is 0 Å². The van der Waals surface area contributed by atoms with Crippen LogP contribution in [0, 0.1) is 5.82 Å². The van der Waals surface area contributed by atoms with Gasteiger partial charge in [0.1, 0.15) is 5.82 Å². The van der Waals surface area contributed by atoms with Crippen molar-refractivity contribution < 1.29 is 9.18 Å². The van der Waals surface area contributed by atoms with Gasteiger partial charge in [0.05, 0.1) is 16.3 Å². The Kier molecular flexibility index (Phi) is 3.92. The van der Waals surface area contributed by atoms with Crippen LogP contribution in [0.15, 0.2) is 24.3 Å². The molecule has 5 heteroatoms. The standard InChI is InChI=1S/C16H17FN2OS/c17-11-6-7-12(18)13(9-11)19-16(20)15-8-10-4-2-1-3-5-14(10)21-15/h6-9H,1-5,18H2,(H,19,20). The van der Waals surface area contributed by atoms with E-state index < -0.39 is 5.82 Å². The summed E-state index contributed by atoms with van der Waals surface area (Å²) in [5.74, 6) is -0.633. The molecule has 0 saturated heterocycles. The maximum atomic E-state index is 13.2. The van der Waals surface area contributed by atoms with Gasteiger partial charge in [-0.25, -0.2) is 4.39 Å². The normalized spacial score (nSPS) is 14.3. The first kappa shape index (κ1) is 14.1. The molecule has 2 aromatic rings. The number of nitrogens with one attached hydrogen (secondary N) is 1. The molecule has 0 fully saturated rings. The van der Waals surface area contributed by atoms with Crippen LogP contribution in [0.2, 0.25) is 0 Å². The highest BCUT2D eigenvalue weighted by molar-refractivity contribution is 7.14. The summed E-state index contributed by atoms with van der Waals surface area (Å²) in [6.07, 6.45) is 5.71. The number of anilines is 2. The summed E-state index contributed by atoms with van der Waals surface area (Å²) in [6.45, 7) is 0. The fourth-order valence-corrected chi connectivity index (χ4v) is 3.75. The van der Waals surface area contributed by atoms with E-state index >= 15 is 0 Å². The molecule has 0 saturated carbocycles. The zero-order valence-electron chi connectivity index (χ0n) is 11.6. The number of nitrogen functional groups attached to an aromatic ring is 1. The Bertz CT molecular complexity index is 657. The molecule has 0 aliphatic heterocycles. The number of hydrogen-bond acceptors (Lipinski definition) is 3. The summed E-state index contributed by atoms with van der Waals surface area (Å²) in [5.41, 5.74) is 7.73. The van der Waals surface area contributed by atoms with Crippen molar-refractivity contribution >= 4 is 28.6 Å². The Balaban J connectivity index is 1.81. The van der Waals surface area contributed by atoms with Crippen molar-refractivity contribution in [3.05, 3.63) is 45.4 Å². The van der Waals surface area contributed by atoms with E-state index in [0.29, 0.717) is 16.3 Å². The summed E-state index contributed by atoms with van der Waals surface area (Å²) in [7, 11) is 0. The van der Waals surface area contributed by atoms with Crippen molar-refractivity contribution in [1.82, 2.24) is 0 Å². The molecule has 0 atom stereocenters. The Hall–Kier alpha value is -1.88. The monoisotopic (exact) mass is 304 g/mol. The lowest BCUT2D eigenvalue weighted by Gasteiger charge is -2.07. The van der Waals surface area contributed by atoms with Crippen molar-refractivity contribution in [2.24, 2.45) is 0 Å². The minimum atomic E-state index is -0.415. The minimum absolute atomic E-state index is 0.217. The first-order valence-corrected chi connectivity index (χ1v) is 7.93. The van der Waals surface area contributed by atoms with E-state index in [2.05, 4.69) is 5.32 Å². The average Bonchev–Trinajstić information content (AvgIpc) is 2.74. The number of nitrogens with two attached hydrogens (primary N) is 1. The molecule has 1 aliphatic carbocycles. The quantitative estimate of drug-likeness (QED) is 0.651. The number of rotatable bonds is 2. The maximum absolute atomic E-state index is 13.2. The van der Waals surface area contributed by atoms with Gasteiger partial charge >= 0.3 is 0 Å². The summed E-state index contributed by atoms with van der Waals surface area (Å²) < 4.78 is 13.2. The molecule has 3 rings (SSSR count). The zero-order valence-corrected chi connectivity index (χ0v) is 12.4. The van der Waals surface area contributed by atoms with Gasteiger partial charge < -0.3 is 11.1 Å². The van der Waals surface area contributed by atoms with Crippen LogP contribution in [0.4, 0.5) is 15.8 Å². The number of carbonyl (C=O) groups excluding carboxylic acids is 1. The molecule has 21 heavy (non-hydrogen) atoms. The highest BCUT2D eigenvalue weighted by Gasteiger charge is 2.17. The van der Waals surface area contributed by atoms with E-state index in [1.807, 2.05) is 6.07 Å². The van der Waals surface area contributed by atoms with Crippen LogP contribution in [-0.2, 0) is 12.8 Å². The van der Waals surface area contributed by atoms with Gasteiger partial charge in [-0.2, -0.15) is 0 Å². The lowest BCUT2D eigenvalue weighted by atomic mass is 10.1. The molecular formula is C16H17FN2OS. The van der Waals surface area contributed by atoms with Crippen molar-refractivity contribution in [3.63, 3.8) is 0 Å². The number of thiophene rings is 1. The molecule has 1 aliphatic rings. The molecule has 1 amide bonds. The fourth-order valence-electron chi connectivity index (χ4n) is 2.60. The van der Waals surface area contributed by atoms with E-state index in [-0.39, 0.29) is 5.91 Å². The molecule has 3 N–H and O–H groups in total. The smallest absolute Gasteiger partial charge is 0.265 e. The van der Waals surface area contributed by atoms with E-state index in [9.17, 15) is 9.18 Å². The minimum Gasteiger partial charge on any atom is -0.397 e. The van der Waals surface area contributed by atoms with E-state index in [4.69, 9.17) is 5.73 Å². The van der Waals surface area contributed by atoms with E-state index in [1.54, 1.807) is 0 Å². The Labute approximate surface area is 127 Å². The van der Waals surface area contributed by atoms with Crippen LogP contribution in [-0.4, -0.2) is 5.91 Å². The second-order valence-electron chi connectivity index (χ2n) is 5.31. The molecule has 0 unspecified atom stereocenters. The van der Waals surface area contributed by atoms with Gasteiger partial charge in [-0.1, -0.05) is 6.42 Å². The predicted octanol–water partition coefficient (Wildman–Crippen LogP) is 3.99. The Morgan fingerprint density at radius 2 is 2.00 bits per heavy atom. The highest BCUT2D eigenvalue weighted by atomic mass is 32.1. The molecule has 0 radical (unpaired) electrons. The first-order chi connectivity index (χ1) is 10.1. The number of hydrogen-bond donors (Lipinski definition) is 2. The predicted molar refractivity (Wildman–Crippen MR) is 84.3 cm³/mol. The van der Waals surface area contributed by atoms with Gasteiger partial charge in [-0.3, -0.25) is 4.79 Å². The third-order valence-corrected chi connectivity index (χ3v) is 4.97. The number of halogens is 1. The second-order valence-corrected chi connectivity index (χ2v) is 6.44. The van der Waals surface area contributed by atoms with Gasteiger partial charge in [0.25, 0.3) is 5.91 Å². The zero-order chi connectivity index (χ0) is 14.8. The third kappa shape index (κ3) is 3.08. The number of amides is 1. The molecule has 0 spiro atoms. The van der Waals surface area contributed by atoms with Gasteiger partial charge in [0, 0.05) is 4.88 Å². The number of benzene rings is 1. The largest absolute Gasteiger partial charge is 0.397 e. The molecule has 1 aromatic carbocycles. The summed E-state index contributed by atoms with van der Waals surface area (Å²) >= 11 is 1.54. The van der Waals surface area contributed by atoms with Crippen LogP contribution < -0.4 is 11.1 Å². The molecule has 110 valence electrons. The number of aryl methyl sites for hydroxylation is 2. The fraction of sp³-hybridized carbons (Fsp3) is 0.312. The first-order valence-electron chi connectivity index (χ1n) is 7.11. The van der Waals surface area contributed by atoms with Gasteiger partial charge in [-0.05, 0) is 55.5 Å². The Morgan fingerprint density at radius 1 is 1.19 bits per heavy atom.